The minimum atomic E-state index is -0.974. The van der Waals surface area contributed by atoms with Gasteiger partial charge in [-0.1, -0.05) is 12.7 Å². The zero-order valence-corrected chi connectivity index (χ0v) is 7.81. The van der Waals surface area contributed by atoms with Crippen LogP contribution in [-0.4, -0.2) is 41.3 Å². The van der Waals surface area contributed by atoms with E-state index in [9.17, 15) is 9.59 Å². The summed E-state index contributed by atoms with van der Waals surface area (Å²) in [5, 5.41) is 8.79. The first-order valence-corrected chi connectivity index (χ1v) is 4.44. The Morgan fingerprint density at radius 2 is 2.36 bits per heavy atom. The van der Waals surface area contributed by atoms with Gasteiger partial charge in [0.25, 0.3) is 0 Å². The van der Waals surface area contributed by atoms with Crippen LogP contribution in [0.5, 0.6) is 0 Å². The standard InChI is InChI=1S/C9H13NO4/c1-2-6-14-9(13)10-5-3-4-7(10)8(11)12/h2,7H,1,3-6H2,(H,11,12)/t7-/m0/s1. The summed E-state index contributed by atoms with van der Waals surface area (Å²) < 4.78 is 4.76. The molecule has 0 spiro atoms. The van der Waals surface area contributed by atoms with Crippen LogP contribution < -0.4 is 0 Å². The summed E-state index contributed by atoms with van der Waals surface area (Å²) in [6.45, 7) is 3.97. The van der Waals surface area contributed by atoms with Gasteiger partial charge in [-0.05, 0) is 12.8 Å². The van der Waals surface area contributed by atoms with Crippen LogP contribution in [0.1, 0.15) is 12.8 Å². The Kier molecular flexibility index (Phi) is 3.50. The van der Waals surface area contributed by atoms with E-state index in [2.05, 4.69) is 6.58 Å². The number of aliphatic carboxylic acids is 1. The van der Waals surface area contributed by atoms with Gasteiger partial charge in [-0.25, -0.2) is 9.59 Å². The molecule has 1 fully saturated rings. The molecule has 1 saturated heterocycles. The van der Waals surface area contributed by atoms with E-state index in [1.807, 2.05) is 0 Å². The SMILES string of the molecule is C=CCOC(=O)N1CCC[C@H]1C(=O)O. The van der Waals surface area contributed by atoms with Crippen LogP contribution in [0, 0.1) is 0 Å². The summed E-state index contributed by atoms with van der Waals surface area (Å²) in [6.07, 6.45) is 2.08. The zero-order valence-electron chi connectivity index (χ0n) is 7.81. The maximum atomic E-state index is 11.3. The number of rotatable bonds is 3. The molecular formula is C9H13NO4. The van der Waals surface area contributed by atoms with E-state index in [1.54, 1.807) is 0 Å². The molecule has 1 N–H and O–H groups in total. The topological polar surface area (TPSA) is 66.8 Å². The van der Waals surface area contributed by atoms with Crippen LogP contribution in [0.2, 0.25) is 0 Å². The number of hydrogen-bond acceptors (Lipinski definition) is 3. The van der Waals surface area contributed by atoms with E-state index in [1.165, 1.54) is 11.0 Å². The van der Waals surface area contributed by atoms with Crippen molar-refractivity contribution < 1.29 is 19.4 Å². The Balaban J connectivity index is 2.53. The molecule has 14 heavy (non-hydrogen) atoms. The van der Waals surface area contributed by atoms with Crippen molar-refractivity contribution in [1.29, 1.82) is 0 Å². The van der Waals surface area contributed by atoms with E-state index < -0.39 is 18.1 Å². The van der Waals surface area contributed by atoms with Crippen LogP contribution in [0.3, 0.4) is 0 Å². The highest BCUT2D eigenvalue weighted by molar-refractivity contribution is 5.80. The Labute approximate surface area is 82.0 Å². The van der Waals surface area contributed by atoms with Gasteiger partial charge in [0.1, 0.15) is 12.6 Å². The number of ether oxygens (including phenoxy) is 1. The van der Waals surface area contributed by atoms with Crippen molar-refractivity contribution >= 4 is 12.1 Å². The highest BCUT2D eigenvalue weighted by atomic mass is 16.6. The van der Waals surface area contributed by atoms with Crippen LogP contribution in [0.15, 0.2) is 12.7 Å². The molecule has 0 aliphatic carbocycles. The van der Waals surface area contributed by atoms with Crippen molar-refractivity contribution in [2.24, 2.45) is 0 Å². The lowest BCUT2D eigenvalue weighted by Gasteiger charge is -2.20. The quantitative estimate of drug-likeness (QED) is 0.684. The molecule has 1 aliphatic rings. The normalized spacial score (nSPS) is 20.6. The Bertz CT molecular complexity index is 251. The van der Waals surface area contributed by atoms with Crippen LogP contribution >= 0.6 is 0 Å². The lowest BCUT2D eigenvalue weighted by atomic mass is 10.2. The summed E-state index contributed by atoms with van der Waals surface area (Å²) in [4.78, 5) is 23.3. The predicted octanol–water partition coefficient (Wildman–Crippen LogP) is 0.858. The number of nitrogens with zero attached hydrogens (tertiary/aromatic N) is 1. The second-order valence-electron chi connectivity index (χ2n) is 3.06. The van der Waals surface area contributed by atoms with Crippen molar-refractivity contribution in [2.75, 3.05) is 13.2 Å². The van der Waals surface area contributed by atoms with Gasteiger partial charge in [0, 0.05) is 6.54 Å². The number of carboxylic acid groups (broad SMARTS) is 1. The molecule has 1 atom stereocenters. The molecule has 0 aromatic heterocycles. The third-order valence-corrected chi connectivity index (χ3v) is 2.10. The molecule has 1 amide bonds. The summed E-state index contributed by atoms with van der Waals surface area (Å²) in [5.74, 6) is -0.974. The first kappa shape index (κ1) is 10.6. The molecule has 1 aliphatic heterocycles. The van der Waals surface area contributed by atoms with Gasteiger partial charge in [-0.2, -0.15) is 0 Å². The fourth-order valence-electron chi connectivity index (χ4n) is 1.46. The molecule has 0 radical (unpaired) electrons. The van der Waals surface area contributed by atoms with Gasteiger partial charge >= 0.3 is 12.1 Å². The molecule has 0 aromatic rings. The molecule has 78 valence electrons. The van der Waals surface area contributed by atoms with Gasteiger partial charge in [0.15, 0.2) is 0 Å². The molecule has 0 unspecified atom stereocenters. The fourth-order valence-corrected chi connectivity index (χ4v) is 1.46. The predicted molar refractivity (Wildman–Crippen MR) is 48.9 cm³/mol. The summed E-state index contributed by atoms with van der Waals surface area (Å²) in [5.41, 5.74) is 0. The molecular weight excluding hydrogens is 186 g/mol. The number of carboxylic acids is 1. The lowest BCUT2D eigenvalue weighted by Crippen LogP contribution is -2.40. The molecule has 5 heteroatoms. The monoisotopic (exact) mass is 199 g/mol. The van der Waals surface area contributed by atoms with E-state index in [0.29, 0.717) is 19.4 Å². The minimum Gasteiger partial charge on any atom is -0.480 e. The van der Waals surface area contributed by atoms with E-state index in [0.717, 1.165) is 0 Å². The number of amides is 1. The maximum absolute atomic E-state index is 11.3. The Morgan fingerprint density at radius 3 is 2.93 bits per heavy atom. The number of likely N-dealkylation sites (tertiary alicyclic amines) is 1. The first-order chi connectivity index (χ1) is 6.66. The maximum Gasteiger partial charge on any atom is 0.410 e. The third kappa shape index (κ3) is 2.25. The van der Waals surface area contributed by atoms with Gasteiger partial charge in [0.05, 0.1) is 0 Å². The molecule has 1 heterocycles. The first-order valence-electron chi connectivity index (χ1n) is 4.44. The molecule has 0 aromatic carbocycles. The van der Waals surface area contributed by atoms with E-state index in [-0.39, 0.29) is 6.61 Å². The summed E-state index contributed by atoms with van der Waals surface area (Å²) in [7, 11) is 0. The third-order valence-electron chi connectivity index (χ3n) is 2.10. The van der Waals surface area contributed by atoms with Crippen molar-refractivity contribution in [2.45, 2.75) is 18.9 Å². The average Bonchev–Trinajstić information content (AvgIpc) is 2.62. The van der Waals surface area contributed by atoms with Crippen molar-refractivity contribution in [1.82, 2.24) is 4.90 Å². The number of carbonyl (C=O) groups excluding carboxylic acids is 1. The van der Waals surface area contributed by atoms with Crippen molar-refractivity contribution in [3.8, 4) is 0 Å². The molecule has 5 nitrogen and oxygen atoms in total. The second-order valence-corrected chi connectivity index (χ2v) is 3.06. The van der Waals surface area contributed by atoms with Gasteiger partial charge in [-0.3, -0.25) is 4.90 Å². The Morgan fingerprint density at radius 1 is 1.64 bits per heavy atom. The second kappa shape index (κ2) is 4.64. The van der Waals surface area contributed by atoms with Gasteiger partial charge in [-0.15, -0.1) is 0 Å². The highest BCUT2D eigenvalue weighted by Crippen LogP contribution is 2.18. The lowest BCUT2D eigenvalue weighted by molar-refractivity contribution is -0.141. The summed E-state index contributed by atoms with van der Waals surface area (Å²) >= 11 is 0. The number of carbonyl (C=O) groups is 2. The Hall–Kier alpha value is -1.52. The van der Waals surface area contributed by atoms with Crippen molar-refractivity contribution in [3.05, 3.63) is 12.7 Å². The van der Waals surface area contributed by atoms with E-state index in [4.69, 9.17) is 9.84 Å². The largest absolute Gasteiger partial charge is 0.480 e. The smallest absolute Gasteiger partial charge is 0.410 e. The van der Waals surface area contributed by atoms with Gasteiger partial charge in [0.2, 0.25) is 0 Å². The molecule has 0 saturated carbocycles. The zero-order chi connectivity index (χ0) is 10.6. The van der Waals surface area contributed by atoms with Crippen LogP contribution in [-0.2, 0) is 9.53 Å². The highest BCUT2D eigenvalue weighted by Gasteiger charge is 2.34. The van der Waals surface area contributed by atoms with Crippen LogP contribution in [0.25, 0.3) is 0 Å². The number of hydrogen-bond donors (Lipinski definition) is 1. The van der Waals surface area contributed by atoms with Crippen molar-refractivity contribution in [3.63, 3.8) is 0 Å². The molecule has 0 bridgehead atoms. The minimum absolute atomic E-state index is 0.113. The van der Waals surface area contributed by atoms with E-state index >= 15 is 0 Å². The average molecular weight is 199 g/mol. The summed E-state index contributed by atoms with van der Waals surface area (Å²) in [6, 6.07) is -0.729. The van der Waals surface area contributed by atoms with Crippen LogP contribution in [0.4, 0.5) is 4.79 Å². The van der Waals surface area contributed by atoms with Gasteiger partial charge < -0.3 is 9.84 Å². The molecule has 1 rings (SSSR count). The fraction of sp³-hybridized carbons (Fsp3) is 0.556.